The predicted octanol–water partition coefficient (Wildman–Crippen LogP) is -0.364. The van der Waals surface area contributed by atoms with Crippen LogP contribution in [0.4, 0.5) is 5.82 Å². The van der Waals surface area contributed by atoms with Gasteiger partial charge in [0.1, 0.15) is 6.26 Å². The average Bonchev–Trinajstić information content (AvgIpc) is 2.52. The Morgan fingerprint density at radius 2 is 2.38 bits per heavy atom. The van der Waals surface area contributed by atoms with Gasteiger partial charge in [0.2, 0.25) is 10.0 Å². The highest BCUT2D eigenvalue weighted by Crippen LogP contribution is 2.03. The molecule has 13 heavy (non-hydrogen) atoms. The standard InChI is InChI=1S/C6H11N3O3S/c1-7-3-5-13(10,11)9-6-2-4-12-8-6/h2,4,7H,3,5H2,1H3,(H,8,9). The molecule has 0 bridgehead atoms. The number of sulfonamides is 1. The summed E-state index contributed by atoms with van der Waals surface area (Å²) in [5.41, 5.74) is 0. The molecule has 0 aliphatic heterocycles. The lowest BCUT2D eigenvalue weighted by atomic mass is 10.7. The molecule has 0 unspecified atom stereocenters. The number of nitrogens with zero attached hydrogens (tertiary/aromatic N) is 1. The minimum atomic E-state index is -3.30. The van der Waals surface area contributed by atoms with Crippen LogP contribution in [0.5, 0.6) is 0 Å². The summed E-state index contributed by atoms with van der Waals surface area (Å²) in [6.45, 7) is 0.396. The Labute approximate surface area is 76.4 Å². The molecule has 6 nitrogen and oxygen atoms in total. The highest BCUT2D eigenvalue weighted by atomic mass is 32.2. The molecular weight excluding hydrogens is 194 g/mol. The van der Waals surface area contributed by atoms with Crippen LogP contribution in [0.3, 0.4) is 0 Å². The first kappa shape index (κ1) is 10.0. The second kappa shape index (κ2) is 4.24. The van der Waals surface area contributed by atoms with Gasteiger partial charge < -0.3 is 9.84 Å². The van der Waals surface area contributed by atoms with Crippen molar-refractivity contribution in [3.8, 4) is 0 Å². The highest BCUT2D eigenvalue weighted by Gasteiger charge is 2.10. The second-order valence-electron chi connectivity index (χ2n) is 2.41. The van der Waals surface area contributed by atoms with Gasteiger partial charge in [-0.25, -0.2) is 8.42 Å². The fraction of sp³-hybridized carbons (Fsp3) is 0.500. The topological polar surface area (TPSA) is 84.2 Å². The lowest BCUT2D eigenvalue weighted by Gasteiger charge is -2.03. The summed E-state index contributed by atoms with van der Waals surface area (Å²) in [4.78, 5) is 0. The van der Waals surface area contributed by atoms with Crippen LogP contribution in [-0.4, -0.2) is 32.9 Å². The van der Waals surface area contributed by atoms with Crippen LogP contribution in [0.2, 0.25) is 0 Å². The van der Waals surface area contributed by atoms with E-state index in [9.17, 15) is 8.42 Å². The summed E-state index contributed by atoms with van der Waals surface area (Å²) in [5.74, 6) is 0.215. The van der Waals surface area contributed by atoms with E-state index in [1.807, 2.05) is 0 Å². The molecule has 1 aromatic heterocycles. The Hall–Kier alpha value is -1.08. The molecule has 0 aliphatic rings. The molecule has 0 amide bonds. The van der Waals surface area contributed by atoms with E-state index in [0.717, 1.165) is 0 Å². The van der Waals surface area contributed by atoms with Gasteiger partial charge in [-0.3, -0.25) is 4.72 Å². The maximum atomic E-state index is 11.2. The molecule has 1 rings (SSSR count). The van der Waals surface area contributed by atoms with Crippen LogP contribution >= 0.6 is 0 Å². The quantitative estimate of drug-likeness (QED) is 0.685. The zero-order chi connectivity index (χ0) is 9.73. The zero-order valence-electron chi connectivity index (χ0n) is 7.15. The Morgan fingerprint density at radius 3 is 2.92 bits per heavy atom. The summed E-state index contributed by atoms with van der Waals surface area (Å²) in [7, 11) is -1.62. The number of hydrogen-bond acceptors (Lipinski definition) is 5. The van der Waals surface area contributed by atoms with Crippen molar-refractivity contribution in [3.63, 3.8) is 0 Å². The van der Waals surface area contributed by atoms with E-state index >= 15 is 0 Å². The van der Waals surface area contributed by atoms with Gasteiger partial charge >= 0.3 is 0 Å². The molecule has 2 N–H and O–H groups in total. The number of rotatable bonds is 5. The SMILES string of the molecule is CNCCS(=O)(=O)Nc1ccon1. The monoisotopic (exact) mass is 205 g/mol. The van der Waals surface area contributed by atoms with Gasteiger partial charge in [0.05, 0.1) is 5.75 Å². The summed E-state index contributed by atoms with van der Waals surface area (Å²) < 4.78 is 29.2. The van der Waals surface area contributed by atoms with Crippen molar-refractivity contribution in [3.05, 3.63) is 12.3 Å². The lowest BCUT2D eigenvalue weighted by molar-refractivity contribution is 0.423. The Morgan fingerprint density at radius 1 is 1.62 bits per heavy atom. The third-order valence-corrected chi connectivity index (χ3v) is 2.58. The van der Waals surface area contributed by atoms with Crippen molar-refractivity contribution in [2.24, 2.45) is 0 Å². The summed E-state index contributed by atoms with van der Waals surface area (Å²) in [6.07, 6.45) is 1.30. The van der Waals surface area contributed by atoms with Crippen molar-refractivity contribution >= 4 is 15.8 Å². The molecule has 7 heteroatoms. The minimum absolute atomic E-state index is 0.0103. The fourth-order valence-electron chi connectivity index (χ4n) is 0.712. The van der Waals surface area contributed by atoms with Crippen LogP contribution in [0.1, 0.15) is 0 Å². The Bertz CT molecular complexity index is 332. The molecule has 1 heterocycles. The molecule has 0 atom stereocenters. The first-order valence-corrected chi connectivity index (χ1v) is 5.35. The van der Waals surface area contributed by atoms with E-state index in [4.69, 9.17) is 0 Å². The Kier molecular flexibility index (Phi) is 3.26. The molecule has 74 valence electrons. The van der Waals surface area contributed by atoms with E-state index in [1.54, 1.807) is 7.05 Å². The van der Waals surface area contributed by atoms with E-state index in [0.29, 0.717) is 6.54 Å². The van der Waals surface area contributed by atoms with Gasteiger partial charge in [0.15, 0.2) is 5.82 Å². The third-order valence-electron chi connectivity index (χ3n) is 1.32. The number of anilines is 1. The van der Waals surface area contributed by atoms with Gasteiger partial charge in [-0.05, 0) is 7.05 Å². The minimum Gasteiger partial charge on any atom is -0.363 e. The van der Waals surface area contributed by atoms with Crippen molar-refractivity contribution in [2.45, 2.75) is 0 Å². The molecule has 0 spiro atoms. The van der Waals surface area contributed by atoms with Crippen LogP contribution < -0.4 is 10.0 Å². The molecule has 0 aliphatic carbocycles. The Balaban J connectivity index is 2.53. The third kappa shape index (κ3) is 3.43. The van der Waals surface area contributed by atoms with Crippen LogP contribution in [0.15, 0.2) is 16.9 Å². The molecule has 1 aromatic rings. The number of aromatic nitrogens is 1. The molecule has 0 saturated heterocycles. The number of nitrogens with one attached hydrogen (secondary N) is 2. The van der Waals surface area contributed by atoms with E-state index in [-0.39, 0.29) is 11.6 Å². The maximum absolute atomic E-state index is 11.2. The van der Waals surface area contributed by atoms with E-state index in [1.165, 1.54) is 12.3 Å². The molecule has 0 aromatic carbocycles. The van der Waals surface area contributed by atoms with E-state index in [2.05, 4.69) is 19.7 Å². The predicted molar refractivity (Wildman–Crippen MR) is 47.8 cm³/mol. The van der Waals surface area contributed by atoms with Gasteiger partial charge in [-0.15, -0.1) is 0 Å². The highest BCUT2D eigenvalue weighted by molar-refractivity contribution is 7.92. The zero-order valence-corrected chi connectivity index (χ0v) is 7.97. The maximum Gasteiger partial charge on any atom is 0.235 e. The van der Waals surface area contributed by atoms with Crippen molar-refractivity contribution < 1.29 is 12.9 Å². The van der Waals surface area contributed by atoms with Crippen molar-refractivity contribution in [2.75, 3.05) is 24.1 Å². The first-order chi connectivity index (χ1) is 6.14. The molecular formula is C6H11N3O3S. The van der Waals surface area contributed by atoms with Crippen LogP contribution in [-0.2, 0) is 10.0 Å². The summed E-state index contributed by atoms with van der Waals surface area (Å²) in [6, 6.07) is 1.44. The van der Waals surface area contributed by atoms with Gasteiger partial charge in [-0.2, -0.15) is 0 Å². The van der Waals surface area contributed by atoms with E-state index < -0.39 is 10.0 Å². The summed E-state index contributed by atoms with van der Waals surface area (Å²) >= 11 is 0. The smallest absolute Gasteiger partial charge is 0.235 e. The fourth-order valence-corrected chi connectivity index (χ4v) is 1.71. The first-order valence-electron chi connectivity index (χ1n) is 3.69. The van der Waals surface area contributed by atoms with Gasteiger partial charge in [-0.1, -0.05) is 5.16 Å². The lowest BCUT2D eigenvalue weighted by Crippen LogP contribution is -2.24. The van der Waals surface area contributed by atoms with Gasteiger partial charge in [0, 0.05) is 12.6 Å². The molecule has 0 fully saturated rings. The molecule has 0 radical (unpaired) electrons. The number of hydrogen-bond donors (Lipinski definition) is 2. The van der Waals surface area contributed by atoms with Gasteiger partial charge in [0.25, 0.3) is 0 Å². The second-order valence-corrected chi connectivity index (χ2v) is 4.25. The average molecular weight is 205 g/mol. The normalized spacial score (nSPS) is 11.5. The molecule has 0 saturated carbocycles. The van der Waals surface area contributed by atoms with Crippen molar-refractivity contribution in [1.82, 2.24) is 10.5 Å². The van der Waals surface area contributed by atoms with Crippen molar-refractivity contribution in [1.29, 1.82) is 0 Å². The largest absolute Gasteiger partial charge is 0.363 e. The summed E-state index contributed by atoms with van der Waals surface area (Å²) in [5, 5.41) is 6.16. The van der Waals surface area contributed by atoms with Crippen LogP contribution in [0, 0.1) is 0 Å². The van der Waals surface area contributed by atoms with Crippen LogP contribution in [0.25, 0.3) is 0 Å².